The van der Waals surface area contributed by atoms with E-state index >= 15 is 0 Å². The Balaban J connectivity index is 2.63. The van der Waals surface area contributed by atoms with Gasteiger partial charge in [-0.15, -0.1) is 6.58 Å². The normalized spacial score (nSPS) is 11.4. The quantitative estimate of drug-likeness (QED) is 0.747. The van der Waals surface area contributed by atoms with Crippen molar-refractivity contribution in [3.8, 4) is 0 Å². The molecule has 5 nitrogen and oxygen atoms in total. The minimum atomic E-state index is -3.33. The predicted molar refractivity (Wildman–Crippen MR) is 85.7 cm³/mol. The number of aryl methyl sites for hydroxylation is 1. The Hall–Kier alpha value is -1.66. The van der Waals surface area contributed by atoms with Crippen LogP contribution in [0.15, 0.2) is 36.9 Å². The van der Waals surface area contributed by atoms with Gasteiger partial charge in [-0.05, 0) is 18.1 Å². The molecule has 0 unspecified atom stereocenters. The summed E-state index contributed by atoms with van der Waals surface area (Å²) in [6, 6.07) is 7.57. The van der Waals surface area contributed by atoms with Gasteiger partial charge in [-0.1, -0.05) is 31.2 Å². The van der Waals surface area contributed by atoms with Gasteiger partial charge in [0.25, 0.3) is 0 Å². The number of hydrogen-bond donors (Lipinski definition) is 1. The van der Waals surface area contributed by atoms with E-state index in [2.05, 4.69) is 11.9 Å². The number of rotatable bonds is 8. The van der Waals surface area contributed by atoms with E-state index in [0.717, 1.165) is 23.9 Å². The third kappa shape index (κ3) is 5.69. The first-order valence-corrected chi connectivity index (χ1v) is 8.67. The van der Waals surface area contributed by atoms with E-state index < -0.39 is 10.0 Å². The fourth-order valence-corrected chi connectivity index (χ4v) is 2.73. The molecule has 0 spiro atoms. The molecule has 0 aliphatic carbocycles. The van der Waals surface area contributed by atoms with E-state index in [9.17, 15) is 13.2 Å². The lowest BCUT2D eigenvalue weighted by atomic mass is 10.1. The molecule has 0 heterocycles. The lowest BCUT2D eigenvalue weighted by molar-refractivity contribution is -0.116. The molecule has 1 aromatic carbocycles. The summed E-state index contributed by atoms with van der Waals surface area (Å²) >= 11 is 0. The fraction of sp³-hybridized carbons (Fsp3) is 0.400. The number of benzene rings is 1. The zero-order valence-corrected chi connectivity index (χ0v) is 13.3. The predicted octanol–water partition coefficient (Wildman–Crippen LogP) is 2.03. The highest BCUT2D eigenvalue weighted by Crippen LogP contribution is 2.15. The summed E-state index contributed by atoms with van der Waals surface area (Å²) in [5, 5.41) is 2.82. The smallest absolute Gasteiger partial charge is 0.225 e. The first-order chi connectivity index (χ1) is 9.88. The molecule has 21 heavy (non-hydrogen) atoms. The number of anilines is 1. The van der Waals surface area contributed by atoms with Crippen molar-refractivity contribution in [1.29, 1.82) is 0 Å². The van der Waals surface area contributed by atoms with Gasteiger partial charge < -0.3 is 5.32 Å². The molecular weight excluding hydrogens is 288 g/mol. The van der Waals surface area contributed by atoms with Crippen LogP contribution in [0.1, 0.15) is 18.9 Å². The van der Waals surface area contributed by atoms with Gasteiger partial charge in [-0.25, -0.2) is 8.42 Å². The average molecular weight is 310 g/mol. The summed E-state index contributed by atoms with van der Waals surface area (Å²) in [5.74, 6) is -0.200. The molecule has 1 N–H and O–H groups in total. The van der Waals surface area contributed by atoms with Crippen molar-refractivity contribution < 1.29 is 13.2 Å². The highest BCUT2D eigenvalue weighted by molar-refractivity contribution is 7.88. The minimum Gasteiger partial charge on any atom is -0.326 e. The van der Waals surface area contributed by atoms with E-state index in [4.69, 9.17) is 0 Å². The van der Waals surface area contributed by atoms with Crippen LogP contribution in [0.4, 0.5) is 5.69 Å². The molecule has 0 aromatic heterocycles. The summed E-state index contributed by atoms with van der Waals surface area (Å²) in [6.45, 7) is 5.89. The SMILES string of the molecule is C=CCN(CCC(=O)Nc1ccccc1CC)S(C)(=O)=O. The number of nitrogens with one attached hydrogen (secondary N) is 1. The highest BCUT2D eigenvalue weighted by atomic mass is 32.2. The Kier molecular flexibility index (Phi) is 6.58. The van der Waals surface area contributed by atoms with Crippen LogP contribution in [-0.2, 0) is 21.2 Å². The second-order valence-electron chi connectivity index (χ2n) is 4.72. The van der Waals surface area contributed by atoms with Crippen LogP contribution in [0, 0.1) is 0 Å². The van der Waals surface area contributed by atoms with Crippen LogP contribution in [0.2, 0.25) is 0 Å². The zero-order chi connectivity index (χ0) is 15.9. The number of amides is 1. The monoisotopic (exact) mass is 310 g/mol. The molecule has 0 saturated heterocycles. The summed E-state index contributed by atoms with van der Waals surface area (Å²) in [4.78, 5) is 12.0. The average Bonchev–Trinajstić information content (AvgIpc) is 2.42. The van der Waals surface area contributed by atoms with Gasteiger partial charge in [-0.3, -0.25) is 4.79 Å². The molecule has 6 heteroatoms. The zero-order valence-electron chi connectivity index (χ0n) is 12.5. The van der Waals surface area contributed by atoms with Crippen LogP contribution in [0.3, 0.4) is 0 Å². The van der Waals surface area contributed by atoms with Crippen molar-refractivity contribution in [3.05, 3.63) is 42.5 Å². The first kappa shape index (κ1) is 17.4. The Morgan fingerprint density at radius 2 is 2.05 bits per heavy atom. The Labute approximate surface area is 126 Å². The number of sulfonamides is 1. The number of nitrogens with zero attached hydrogens (tertiary/aromatic N) is 1. The lowest BCUT2D eigenvalue weighted by Gasteiger charge is -2.18. The second-order valence-corrected chi connectivity index (χ2v) is 6.70. The van der Waals surface area contributed by atoms with Gasteiger partial charge in [0.2, 0.25) is 15.9 Å². The van der Waals surface area contributed by atoms with Crippen LogP contribution < -0.4 is 5.32 Å². The molecule has 116 valence electrons. The molecule has 0 fully saturated rings. The fourth-order valence-electron chi connectivity index (χ4n) is 1.93. The van der Waals surface area contributed by atoms with E-state index in [1.54, 1.807) is 0 Å². The van der Waals surface area contributed by atoms with Gasteiger partial charge in [0.15, 0.2) is 0 Å². The molecule has 0 saturated carbocycles. The molecular formula is C15H22N2O3S. The molecule has 0 aliphatic heterocycles. The van der Waals surface area contributed by atoms with Crippen molar-refractivity contribution >= 4 is 21.6 Å². The van der Waals surface area contributed by atoms with Gasteiger partial charge in [0.05, 0.1) is 6.26 Å². The van der Waals surface area contributed by atoms with Gasteiger partial charge in [0, 0.05) is 25.2 Å². The van der Waals surface area contributed by atoms with Gasteiger partial charge >= 0.3 is 0 Å². The van der Waals surface area contributed by atoms with Crippen molar-refractivity contribution in [1.82, 2.24) is 4.31 Å². The van der Waals surface area contributed by atoms with Crippen molar-refractivity contribution in [2.75, 3.05) is 24.7 Å². The number of para-hydroxylation sites is 1. The van der Waals surface area contributed by atoms with E-state index in [1.807, 2.05) is 31.2 Å². The van der Waals surface area contributed by atoms with Crippen LogP contribution in [-0.4, -0.2) is 38.0 Å². The van der Waals surface area contributed by atoms with Crippen LogP contribution in [0.5, 0.6) is 0 Å². The highest BCUT2D eigenvalue weighted by Gasteiger charge is 2.16. The molecule has 1 aromatic rings. The van der Waals surface area contributed by atoms with E-state index in [0.29, 0.717) is 0 Å². The molecule has 1 amide bonds. The summed E-state index contributed by atoms with van der Waals surface area (Å²) in [5.41, 5.74) is 1.83. The number of hydrogen-bond acceptors (Lipinski definition) is 3. The summed E-state index contributed by atoms with van der Waals surface area (Å²) in [6.07, 6.45) is 3.56. The van der Waals surface area contributed by atoms with Crippen molar-refractivity contribution in [2.45, 2.75) is 19.8 Å². The molecule has 0 radical (unpaired) electrons. The first-order valence-electron chi connectivity index (χ1n) is 6.82. The Bertz CT molecular complexity index is 597. The molecule has 0 bridgehead atoms. The summed E-state index contributed by atoms with van der Waals surface area (Å²) in [7, 11) is -3.33. The molecule has 0 aliphatic rings. The summed E-state index contributed by atoms with van der Waals surface area (Å²) < 4.78 is 24.3. The third-order valence-corrected chi connectivity index (χ3v) is 4.33. The number of carbonyl (C=O) groups is 1. The van der Waals surface area contributed by atoms with Crippen LogP contribution in [0.25, 0.3) is 0 Å². The van der Waals surface area contributed by atoms with Crippen molar-refractivity contribution in [2.24, 2.45) is 0 Å². The van der Waals surface area contributed by atoms with E-state index in [1.165, 1.54) is 10.4 Å². The maximum absolute atomic E-state index is 12.0. The number of carbonyl (C=O) groups excluding carboxylic acids is 1. The maximum atomic E-state index is 12.0. The van der Waals surface area contributed by atoms with E-state index in [-0.39, 0.29) is 25.4 Å². The maximum Gasteiger partial charge on any atom is 0.225 e. The van der Waals surface area contributed by atoms with Gasteiger partial charge in [-0.2, -0.15) is 4.31 Å². The standard InChI is InChI=1S/C15H22N2O3S/c1-4-11-17(21(3,19)20)12-10-15(18)16-14-9-7-6-8-13(14)5-2/h4,6-9H,1,5,10-12H2,2-3H3,(H,16,18). The second kappa shape index (κ2) is 7.95. The Morgan fingerprint density at radius 1 is 1.38 bits per heavy atom. The largest absolute Gasteiger partial charge is 0.326 e. The van der Waals surface area contributed by atoms with Gasteiger partial charge in [0.1, 0.15) is 0 Å². The molecule has 1 rings (SSSR count). The van der Waals surface area contributed by atoms with Crippen LogP contribution >= 0.6 is 0 Å². The third-order valence-electron chi connectivity index (χ3n) is 3.06. The lowest BCUT2D eigenvalue weighted by Crippen LogP contribution is -2.33. The molecule has 0 atom stereocenters. The Morgan fingerprint density at radius 3 is 2.62 bits per heavy atom. The van der Waals surface area contributed by atoms with Crippen molar-refractivity contribution in [3.63, 3.8) is 0 Å². The minimum absolute atomic E-state index is 0.110. The topological polar surface area (TPSA) is 66.5 Å².